The van der Waals surface area contributed by atoms with E-state index in [9.17, 15) is 5.11 Å². The molecule has 82 valence electrons. The van der Waals surface area contributed by atoms with Crippen molar-refractivity contribution >= 4 is 0 Å². The van der Waals surface area contributed by atoms with Gasteiger partial charge in [-0.25, -0.2) is 0 Å². The van der Waals surface area contributed by atoms with Gasteiger partial charge < -0.3 is 9.84 Å². The highest BCUT2D eigenvalue weighted by atomic mass is 16.5. The van der Waals surface area contributed by atoms with Crippen LogP contribution >= 0.6 is 0 Å². The number of aliphatic hydroxyl groups is 1. The van der Waals surface area contributed by atoms with Crippen LogP contribution in [0, 0.1) is 0 Å². The Hall–Kier alpha value is -0.930. The minimum atomic E-state index is -0.866. The number of hydrogen-bond donors (Lipinski definition) is 1. The standard InChI is InChI=1S/C12H17NO2/c1-9(2)10-3-4-11(13-7-10)12(14)5-6-15-8-12/h3-4,7,9,14H,5-6,8H2,1-2H3. The Bertz CT molecular complexity index is 326. The topological polar surface area (TPSA) is 42.4 Å². The summed E-state index contributed by atoms with van der Waals surface area (Å²) in [6.45, 7) is 5.24. The lowest BCUT2D eigenvalue weighted by atomic mass is 9.97. The summed E-state index contributed by atoms with van der Waals surface area (Å²) in [5, 5.41) is 10.2. The summed E-state index contributed by atoms with van der Waals surface area (Å²) in [7, 11) is 0. The Morgan fingerprint density at radius 1 is 1.47 bits per heavy atom. The zero-order chi connectivity index (χ0) is 10.9. The normalized spacial score (nSPS) is 26.1. The van der Waals surface area contributed by atoms with Crippen molar-refractivity contribution in [2.75, 3.05) is 13.2 Å². The summed E-state index contributed by atoms with van der Waals surface area (Å²) in [6, 6.07) is 3.94. The van der Waals surface area contributed by atoms with Crippen LogP contribution in [0.25, 0.3) is 0 Å². The van der Waals surface area contributed by atoms with Gasteiger partial charge in [0.1, 0.15) is 5.60 Å². The van der Waals surface area contributed by atoms with E-state index >= 15 is 0 Å². The van der Waals surface area contributed by atoms with E-state index in [4.69, 9.17) is 4.74 Å². The first-order chi connectivity index (χ1) is 7.12. The van der Waals surface area contributed by atoms with Crippen molar-refractivity contribution in [3.8, 4) is 0 Å². The number of nitrogens with zero attached hydrogens (tertiary/aromatic N) is 1. The molecule has 1 aliphatic heterocycles. The number of hydrogen-bond acceptors (Lipinski definition) is 3. The molecule has 0 amide bonds. The summed E-state index contributed by atoms with van der Waals surface area (Å²) in [5.41, 5.74) is 1.06. The van der Waals surface area contributed by atoms with Crippen LogP contribution in [-0.2, 0) is 10.3 Å². The van der Waals surface area contributed by atoms with E-state index in [1.807, 2.05) is 18.3 Å². The lowest BCUT2D eigenvalue weighted by Gasteiger charge is -2.19. The highest BCUT2D eigenvalue weighted by Gasteiger charge is 2.35. The lowest BCUT2D eigenvalue weighted by Crippen LogP contribution is -2.26. The summed E-state index contributed by atoms with van der Waals surface area (Å²) >= 11 is 0. The van der Waals surface area contributed by atoms with E-state index in [2.05, 4.69) is 18.8 Å². The molecule has 0 spiro atoms. The Balaban J connectivity index is 2.23. The van der Waals surface area contributed by atoms with Crippen molar-refractivity contribution in [1.82, 2.24) is 4.98 Å². The molecule has 1 saturated heterocycles. The van der Waals surface area contributed by atoms with Crippen molar-refractivity contribution in [3.05, 3.63) is 29.6 Å². The van der Waals surface area contributed by atoms with Crippen molar-refractivity contribution in [1.29, 1.82) is 0 Å². The molecule has 2 heterocycles. The first-order valence-electron chi connectivity index (χ1n) is 5.38. The summed E-state index contributed by atoms with van der Waals surface area (Å²) in [5.74, 6) is 0.473. The molecule has 0 saturated carbocycles. The second kappa shape index (κ2) is 3.91. The average molecular weight is 207 g/mol. The quantitative estimate of drug-likeness (QED) is 0.804. The molecular weight excluding hydrogens is 190 g/mol. The fraction of sp³-hybridized carbons (Fsp3) is 0.583. The lowest BCUT2D eigenvalue weighted by molar-refractivity contribution is 0.0194. The zero-order valence-corrected chi connectivity index (χ0v) is 9.23. The molecule has 1 N–H and O–H groups in total. The van der Waals surface area contributed by atoms with Gasteiger partial charge in [0, 0.05) is 19.2 Å². The third-order valence-electron chi connectivity index (χ3n) is 2.93. The SMILES string of the molecule is CC(C)c1ccc(C2(O)CCOC2)nc1. The Labute approximate surface area is 90.1 Å². The molecule has 1 aromatic rings. The van der Waals surface area contributed by atoms with E-state index < -0.39 is 5.60 Å². The maximum absolute atomic E-state index is 10.2. The Morgan fingerprint density at radius 3 is 2.73 bits per heavy atom. The summed E-state index contributed by atoms with van der Waals surface area (Å²) < 4.78 is 5.20. The van der Waals surface area contributed by atoms with Gasteiger partial charge in [-0.3, -0.25) is 4.98 Å². The monoisotopic (exact) mass is 207 g/mol. The van der Waals surface area contributed by atoms with E-state index in [0.29, 0.717) is 25.6 Å². The second-order valence-electron chi connectivity index (χ2n) is 4.47. The molecule has 1 atom stereocenters. The fourth-order valence-corrected chi connectivity index (χ4v) is 1.78. The van der Waals surface area contributed by atoms with Gasteiger partial charge in [-0.05, 0) is 17.5 Å². The molecule has 0 bridgehead atoms. The molecule has 15 heavy (non-hydrogen) atoms. The minimum Gasteiger partial charge on any atom is -0.381 e. The molecule has 0 aliphatic carbocycles. The number of ether oxygens (including phenoxy) is 1. The predicted molar refractivity (Wildman–Crippen MR) is 57.7 cm³/mol. The van der Waals surface area contributed by atoms with Gasteiger partial charge in [0.15, 0.2) is 0 Å². The van der Waals surface area contributed by atoms with E-state index in [0.717, 1.165) is 5.69 Å². The molecule has 3 heteroatoms. The maximum atomic E-state index is 10.2. The highest BCUT2D eigenvalue weighted by Crippen LogP contribution is 2.29. The van der Waals surface area contributed by atoms with Crippen LogP contribution in [0.3, 0.4) is 0 Å². The van der Waals surface area contributed by atoms with Crippen LogP contribution in [0.2, 0.25) is 0 Å². The number of pyridine rings is 1. The van der Waals surface area contributed by atoms with Crippen molar-refractivity contribution in [2.45, 2.75) is 31.8 Å². The van der Waals surface area contributed by atoms with Crippen molar-refractivity contribution < 1.29 is 9.84 Å². The van der Waals surface area contributed by atoms with E-state index in [1.165, 1.54) is 5.56 Å². The van der Waals surface area contributed by atoms with Crippen LogP contribution in [0.4, 0.5) is 0 Å². The Kier molecular flexibility index (Phi) is 2.76. The van der Waals surface area contributed by atoms with Crippen LogP contribution in [-0.4, -0.2) is 23.3 Å². The molecule has 3 nitrogen and oxygen atoms in total. The maximum Gasteiger partial charge on any atom is 0.132 e. The molecule has 1 aromatic heterocycles. The fourth-order valence-electron chi connectivity index (χ4n) is 1.78. The Morgan fingerprint density at radius 2 is 2.27 bits per heavy atom. The second-order valence-corrected chi connectivity index (χ2v) is 4.47. The largest absolute Gasteiger partial charge is 0.381 e. The molecule has 1 unspecified atom stereocenters. The van der Waals surface area contributed by atoms with Gasteiger partial charge >= 0.3 is 0 Å². The van der Waals surface area contributed by atoms with Crippen molar-refractivity contribution in [3.63, 3.8) is 0 Å². The third kappa shape index (κ3) is 2.03. The van der Waals surface area contributed by atoms with Crippen molar-refractivity contribution in [2.24, 2.45) is 0 Å². The third-order valence-corrected chi connectivity index (χ3v) is 2.93. The van der Waals surface area contributed by atoms with Gasteiger partial charge in [-0.2, -0.15) is 0 Å². The minimum absolute atomic E-state index is 0.362. The van der Waals surface area contributed by atoms with Gasteiger partial charge in [0.05, 0.1) is 12.3 Å². The molecule has 2 rings (SSSR count). The van der Waals surface area contributed by atoms with Crippen LogP contribution in [0.1, 0.15) is 37.4 Å². The molecule has 0 radical (unpaired) electrons. The first kappa shape index (κ1) is 10.6. The van der Waals surface area contributed by atoms with Gasteiger partial charge in [-0.1, -0.05) is 19.9 Å². The number of rotatable bonds is 2. The first-order valence-corrected chi connectivity index (χ1v) is 5.38. The molecule has 1 aliphatic rings. The van der Waals surface area contributed by atoms with Gasteiger partial charge in [0.2, 0.25) is 0 Å². The highest BCUT2D eigenvalue weighted by molar-refractivity contribution is 5.21. The van der Waals surface area contributed by atoms with Crippen LogP contribution < -0.4 is 0 Å². The smallest absolute Gasteiger partial charge is 0.132 e. The molecular formula is C12H17NO2. The summed E-state index contributed by atoms with van der Waals surface area (Å²) in [6.07, 6.45) is 2.48. The van der Waals surface area contributed by atoms with E-state index in [-0.39, 0.29) is 0 Å². The van der Waals surface area contributed by atoms with E-state index in [1.54, 1.807) is 0 Å². The van der Waals surface area contributed by atoms with Gasteiger partial charge in [-0.15, -0.1) is 0 Å². The molecule has 1 fully saturated rings. The molecule has 0 aromatic carbocycles. The van der Waals surface area contributed by atoms with Crippen LogP contribution in [0.15, 0.2) is 18.3 Å². The zero-order valence-electron chi connectivity index (χ0n) is 9.23. The average Bonchev–Trinajstić information content (AvgIpc) is 2.67. The number of aromatic nitrogens is 1. The summed E-state index contributed by atoms with van der Waals surface area (Å²) in [4.78, 5) is 4.32. The predicted octanol–water partition coefficient (Wildman–Crippen LogP) is 1.81. The van der Waals surface area contributed by atoms with Crippen LogP contribution in [0.5, 0.6) is 0 Å². The van der Waals surface area contributed by atoms with Gasteiger partial charge in [0.25, 0.3) is 0 Å².